The van der Waals surface area contributed by atoms with Crippen LogP contribution in [-0.4, -0.2) is 42.2 Å². The van der Waals surface area contributed by atoms with Crippen molar-refractivity contribution in [2.45, 2.75) is 20.3 Å². The van der Waals surface area contributed by atoms with Gasteiger partial charge in [-0.05, 0) is 11.8 Å². The summed E-state index contributed by atoms with van der Waals surface area (Å²) in [6, 6.07) is 0. The average Bonchev–Trinajstić information content (AvgIpc) is 2.42. The predicted molar refractivity (Wildman–Crippen MR) is 77.0 cm³/mol. The van der Waals surface area contributed by atoms with E-state index in [1.54, 1.807) is 14.2 Å². The normalized spacial score (nSPS) is 11.2. The number of ether oxygens (including phenoxy) is 1. The molecule has 0 aliphatic carbocycles. The first kappa shape index (κ1) is 16.1. The van der Waals surface area contributed by atoms with Gasteiger partial charge >= 0.3 is 5.69 Å². The van der Waals surface area contributed by atoms with Gasteiger partial charge in [0.15, 0.2) is 0 Å². The van der Waals surface area contributed by atoms with Crippen LogP contribution in [0.5, 0.6) is 0 Å². The van der Waals surface area contributed by atoms with E-state index in [9.17, 15) is 10.1 Å². The molecule has 0 unspecified atom stereocenters. The monoisotopic (exact) mass is 283 g/mol. The average molecular weight is 283 g/mol. The molecule has 0 amide bonds. The van der Waals surface area contributed by atoms with Crippen molar-refractivity contribution in [3.8, 4) is 0 Å². The lowest BCUT2D eigenvalue weighted by Gasteiger charge is -2.24. The summed E-state index contributed by atoms with van der Waals surface area (Å²) in [5.41, 5.74) is -0.194. The molecule has 0 atom stereocenters. The number of nitrogens with one attached hydrogen (secondary N) is 2. The van der Waals surface area contributed by atoms with Gasteiger partial charge in [0.2, 0.25) is 11.8 Å². The van der Waals surface area contributed by atoms with Crippen molar-refractivity contribution in [1.29, 1.82) is 0 Å². The van der Waals surface area contributed by atoms with Crippen LogP contribution in [0.2, 0.25) is 0 Å². The molecular weight excluding hydrogens is 262 g/mol. The van der Waals surface area contributed by atoms with E-state index in [0.29, 0.717) is 19.1 Å². The van der Waals surface area contributed by atoms with Gasteiger partial charge in [-0.15, -0.1) is 0 Å². The lowest BCUT2D eigenvalue weighted by molar-refractivity contribution is -0.384. The van der Waals surface area contributed by atoms with Crippen LogP contribution in [0.1, 0.15) is 20.3 Å². The molecule has 1 rings (SSSR count). The number of hydrogen-bond acceptors (Lipinski definition) is 7. The molecule has 0 aliphatic heterocycles. The molecule has 1 aromatic heterocycles. The molecule has 2 N–H and O–H groups in total. The molecule has 0 saturated heterocycles. The SMILES string of the molecule is CNc1ncc([N+](=O)[O-])c(NCC(C)(C)CCOC)n1. The molecule has 0 aliphatic rings. The first-order valence-electron chi connectivity index (χ1n) is 6.31. The fourth-order valence-corrected chi connectivity index (χ4v) is 1.55. The number of anilines is 2. The minimum atomic E-state index is -0.496. The predicted octanol–water partition coefficient (Wildman–Crippen LogP) is 1.90. The van der Waals surface area contributed by atoms with Crippen molar-refractivity contribution < 1.29 is 9.66 Å². The Morgan fingerprint density at radius 1 is 1.50 bits per heavy atom. The maximum absolute atomic E-state index is 11.0. The van der Waals surface area contributed by atoms with Crippen LogP contribution in [0.4, 0.5) is 17.5 Å². The maximum Gasteiger partial charge on any atom is 0.329 e. The van der Waals surface area contributed by atoms with Gasteiger partial charge in [-0.1, -0.05) is 13.8 Å². The van der Waals surface area contributed by atoms with E-state index in [2.05, 4.69) is 34.4 Å². The molecule has 1 aromatic rings. The molecule has 0 fully saturated rings. The van der Waals surface area contributed by atoms with E-state index in [0.717, 1.165) is 6.42 Å². The molecule has 0 bridgehead atoms. The number of methoxy groups -OCH3 is 1. The Balaban J connectivity index is 2.82. The number of rotatable bonds is 8. The second kappa shape index (κ2) is 6.99. The van der Waals surface area contributed by atoms with E-state index in [-0.39, 0.29) is 16.9 Å². The number of aromatic nitrogens is 2. The summed E-state index contributed by atoms with van der Waals surface area (Å²) in [4.78, 5) is 18.4. The topological polar surface area (TPSA) is 102 Å². The smallest absolute Gasteiger partial charge is 0.329 e. The highest BCUT2D eigenvalue weighted by Crippen LogP contribution is 2.25. The zero-order valence-corrected chi connectivity index (χ0v) is 12.3. The number of nitrogens with zero attached hydrogens (tertiary/aromatic N) is 3. The van der Waals surface area contributed by atoms with Crippen LogP contribution in [0.25, 0.3) is 0 Å². The Morgan fingerprint density at radius 2 is 2.20 bits per heavy atom. The van der Waals surface area contributed by atoms with Crippen LogP contribution >= 0.6 is 0 Å². The summed E-state index contributed by atoms with van der Waals surface area (Å²) < 4.78 is 5.06. The van der Waals surface area contributed by atoms with Crippen LogP contribution in [0.15, 0.2) is 6.20 Å². The fourth-order valence-electron chi connectivity index (χ4n) is 1.55. The van der Waals surface area contributed by atoms with Crippen LogP contribution in [0, 0.1) is 15.5 Å². The molecule has 1 heterocycles. The zero-order chi connectivity index (χ0) is 15.2. The Hall–Kier alpha value is -1.96. The molecular formula is C12H21N5O3. The molecule has 8 heteroatoms. The van der Waals surface area contributed by atoms with Crippen molar-refractivity contribution in [2.24, 2.45) is 5.41 Å². The van der Waals surface area contributed by atoms with Gasteiger partial charge in [0, 0.05) is 27.3 Å². The third-order valence-corrected chi connectivity index (χ3v) is 2.91. The van der Waals surface area contributed by atoms with Crippen molar-refractivity contribution in [3.63, 3.8) is 0 Å². The highest BCUT2D eigenvalue weighted by Gasteiger charge is 2.22. The van der Waals surface area contributed by atoms with Crippen molar-refractivity contribution in [2.75, 3.05) is 37.9 Å². The van der Waals surface area contributed by atoms with Gasteiger partial charge in [-0.3, -0.25) is 10.1 Å². The number of nitro groups is 1. The van der Waals surface area contributed by atoms with E-state index < -0.39 is 4.92 Å². The quantitative estimate of drug-likeness (QED) is 0.555. The Bertz CT molecular complexity index is 464. The minimum Gasteiger partial charge on any atom is -0.385 e. The van der Waals surface area contributed by atoms with Crippen molar-refractivity contribution >= 4 is 17.5 Å². The van der Waals surface area contributed by atoms with Gasteiger partial charge in [0.25, 0.3) is 0 Å². The molecule has 0 saturated carbocycles. The molecule has 20 heavy (non-hydrogen) atoms. The Morgan fingerprint density at radius 3 is 2.75 bits per heavy atom. The summed E-state index contributed by atoms with van der Waals surface area (Å²) in [7, 11) is 3.31. The van der Waals surface area contributed by atoms with Gasteiger partial charge in [0.1, 0.15) is 6.20 Å². The summed E-state index contributed by atoms with van der Waals surface area (Å²) in [5.74, 6) is 0.563. The highest BCUT2D eigenvalue weighted by atomic mass is 16.6. The van der Waals surface area contributed by atoms with E-state index in [1.807, 2.05) is 0 Å². The highest BCUT2D eigenvalue weighted by molar-refractivity contribution is 5.56. The fraction of sp³-hybridized carbons (Fsp3) is 0.667. The maximum atomic E-state index is 11.0. The van der Waals surface area contributed by atoms with Crippen molar-refractivity contribution in [1.82, 2.24) is 9.97 Å². The second-order valence-corrected chi connectivity index (χ2v) is 5.20. The molecule has 112 valence electrons. The van der Waals surface area contributed by atoms with Gasteiger partial charge in [-0.25, -0.2) is 4.98 Å². The largest absolute Gasteiger partial charge is 0.385 e. The van der Waals surface area contributed by atoms with Crippen LogP contribution < -0.4 is 10.6 Å². The first-order valence-corrected chi connectivity index (χ1v) is 6.31. The second-order valence-electron chi connectivity index (χ2n) is 5.20. The third kappa shape index (κ3) is 4.61. The minimum absolute atomic E-state index is 0.0609. The first-order chi connectivity index (χ1) is 9.39. The Labute approximate surface area is 118 Å². The van der Waals surface area contributed by atoms with Crippen LogP contribution in [-0.2, 0) is 4.74 Å². The molecule has 0 spiro atoms. The van der Waals surface area contributed by atoms with E-state index >= 15 is 0 Å². The standard InChI is InChI=1S/C12H21N5O3/c1-12(2,5-6-20-4)8-15-10-9(17(18)19)7-14-11(13-3)16-10/h7H,5-6,8H2,1-4H3,(H2,13,14,15,16). The zero-order valence-electron chi connectivity index (χ0n) is 12.3. The molecule has 0 radical (unpaired) electrons. The summed E-state index contributed by atoms with van der Waals surface area (Å²) >= 11 is 0. The number of hydrogen-bond donors (Lipinski definition) is 2. The summed E-state index contributed by atoms with van der Waals surface area (Å²) in [5, 5.41) is 16.8. The molecule has 0 aromatic carbocycles. The summed E-state index contributed by atoms with van der Waals surface area (Å²) in [6.45, 7) is 5.32. The lowest BCUT2D eigenvalue weighted by atomic mass is 9.90. The van der Waals surface area contributed by atoms with E-state index in [4.69, 9.17) is 4.74 Å². The Kier molecular flexibility index (Phi) is 5.63. The van der Waals surface area contributed by atoms with Crippen molar-refractivity contribution in [3.05, 3.63) is 16.3 Å². The van der Waals surface area contributed by atoms with Gasteiger partial charge in [-0.2, -0.15) is 4.98 Å². The lowest BCUT2D eigenvalue weighted by Crippen LogP contribution is -2.25. The third-order valence-electron chi connectivity index (χ3n) is 2.91. The summed E-state index contributed by atoms with van der Waals surface area (Å²) in [6.07, 6.45) is 2.04. The molecule has 8 nitrogen and oxygen atoms in total. The van der Waals surface area contributed by atoms with Gasteiger partial charge in [0.05, 0.1) is 4.92 Å². The van der Waals surface area contributed by atoms with Gasteiger partial charge < -0.3 is 15.4 Å². The van der Waals surface area contributed by atoms with E-state index in [1.165, 1.54) is 6.20 Å². The van der Waals surface area contributed by atoms with Crippen LogP contribution in [0.3, 0.4) is 0 Å².